The number of hydrogen-bond acceptors (Lipinski definition) is 2. The van der Waals surface area contributed by atoms with E-state index in [2.05, 4.69) is 18.5 Å². The second-order valence-electron chi connectivity index (χ2n) is 4.54. The van der Waals surface area contributed by atoms with E-state index in [1.54, 1.807) is 12.1 Å². The molecule has 106 valence electrons. The number of benzene rings is 1. The highest BCUT2D eigenvalue weighted by atomic mass is 35.5. The summed E-state index contributed by atoms with van der Waals surface area (Å²) in [5, 5.41) is 0.0895. The number of rotatable bonds is 5. The van der Waals surface area contributed by atoms with Crippen molar-refractivity contribution in [2.24, 2.45) is 0 Å². The lowest BCUT2D eigenvalue weighted by Gasteiger charge is -2.06. The van der Waals surface area contributed by atoms with E-state index < -0.39 is 5.82 Å². The van der Waals surface area contributed by atoms with Crippen molar-refractivity contribution in [3.8, 4) is 11.3 Å². The molecule has 2 N–H and O–H groups in total. The molecule has 2 aromatic rings. The lowest BCUT2D eigenvalue weighted by atomic mass is 10.1. The monoisotopic (exact) mass is 293 g/mol. The summed E-state index contributed by atoms with van der Waals surface area (Å²) in [5.41, 5.74) is 7.36. The molecule has 0 saturated heterocycles. The standard InChI is InChI=1S/C15H17ClFN3/c1-3-5-13-19-14(15(18)20(13)8-4-2)10-6-7-11(16)12(17)9-10/h4,6-7,9H,2-3,5,8,18H2,1H3. The largest absolute Gasteiger partial charge is 0.383 e. The summed E-state index contributed by atoms with van der Waals surface area (Å²) >= 11 is 5.70. The van der Waals surface area contributed by atoms with Crippen molar-refractivity contribution >= 4 is 17.4 Å². The van der Waals surface area contributed by atoms with Gasteiger partial charge in [-0.2, -0.15) is 0 Å². The Morgan fingerprint density at radius 1 is 1.50 bits per heavy atom. The maximum atomic E-state index is 13.6. The molecule has 1 aromatic carbocycles. The van der Waals surface area contributed by atoms with Crippen LogP contribution in [0.25, 0.3) is 11.3 Å². The minimum Gasteiger partial charge on any atom is -0.383 e. The van der Waals surface area contributed by atoms with Crippen LogP contribution in [0, 0.1) is 5.82 Å². The van der Waals surface area contributed by atoms with Gasteiger partial charge < -0.3 is 10.3 Å². The van der Waals surface area contributed by atoms with Crippen molar-refractivity contribution in [3.05, 3.63) is 47.5 Å². The van der Waals surface area contributed by atoms with E-state index in [0.29, 0.717) is 23.6 Å². The number of nitrogens with zero attached hydrogens (tertiary/aromatic N) is 2. The zero-order valence-corrected chi connectivity index (χ0v) is 12.1. The fourth-order valence-corrected chi connectivity index (χ4v) is 2.23. The zero-order valence-electron chi connectivity index (χ0n) is 11.4. The average molecular weight is 294 g/mol. The highest BCUT2D eigenvalue weighted by molar-refractivity contribution is 6.30. The molecule has 0 fully saturated rings. The van der Waals surface area contributed by atoms with E-state index in [9.17, 15) is 4.39 Å². The fourth-order valence-electron chi connectivity index (χ4n) is 2.12. The first kappa shape index (κ1) is 14.6. The van der Waals surface area contributed by atoms with Crippen LogP contribution in [0.4, 0.5) is 10.2 Å². The van der Waals surface area contributed by atoms with Gasteiger partial charge in [-0.25, -0.2) is 9.37 Å². The van der Waals surface area contributed by atoms with Crippen molar-refractivity contribution in [2.75, 3.05) is 5.73 Å². The quantitative estimate of drug-likeness (QED) is 0.845. The van der Waals surface area contributed by atoms with Gasteiger partial charge in [0.05, 0.1) is 5.02 Å². The number of halogens is 2. The Kier molecular flexibility index (Phi) is 4.45. The Hall–Kier alpha value is -1.81. The summed E-state index contributed by atoms with van der Waals surface area (Å²) in [6, 6.07) is 4.59. The number of hydrogen-bond donors (Lipinski definition) is 1. The third kappa shape index (κ3) is 2.70. The van der Waals surface area contributed by atoms with Crippen LogP contribution < -0.4 is 5.73 Å². The van der Waals surface area contributed by atoms with Crippen LogP contribution in [0.5, 0.6) is 0 Å². The molecule has 0 radical (unpaired) electrons. The number of aryl methyl sites for hydroxylation is 1. The normalized spacial score (nSPS) is 10.8. The summed E-state index contributed by atoms with van der Waals surface area (Å²) in [5.74, 6) is 0.934. The average Bonchev–Trinajstić information content (AvgIpc) is 2.72. The summed E-state index contributed by atoms with van der Waals surface area (Å²) < 4.78 is 15.5. The Morgan fingerprint density at radius 3 is 2.85 bits per heavy atom. The lowest BCUT2D eigenvalue weighted by molar-refractivity contribution is 0.628. The Bertz CT molecular complexity index is 634. The number of anilines is 1. The number of nitrogen functional groups attached to an aromatic ring is 1. The maximum absolute atomic E-state index is 13.6. The van der Waals surface area contributed by atoms with E-state index in [1.807, 2.05) is 4.57 Å². The van der Waals surface area contributed by atoms with E-state index in [0.717, 1.165) is 18.7 Å². The minimum absolute atomic E-state index is 0.0895. The number of nitrogens with two attached hydrogens (primary N) is 1. The van der Waals surface area contributed by atoms with Crippen LogP contribution in [0.3, 0.4) is 0 Å². The molecule has 0 aliphatic heterocycles. The zero-order chi connectivity index (χ0) is 14.7. The third-order valence-corrected chi connectivity index (χ3v) is 3.37. The molecule has 2 rings (SSSR count). The molecule has 1 heterocycles. The van der Waals surface area contributed by atoms with Crippen LogP contribution >= 0.6 is 11.6 Å². The van der Waals surface area contributed by atoms with E-state index in [1.165, 1.54) is 12.1 Å². The molecule has 0 bridgehead atoms. The smallest absolute Gasteiger partial charge is 0.142 e. The van der Waals surface area contributed by atoms with Crippen molar-refractivity contribution in [1.29, 1.82) is 0 Å². The molecule has 20 heavy (non-hydrogen) atoms. The first-order valence-corrected chi connectivity index (χ1v) is 6.87. The molecular weight excluding hydrogens is 277 g/mol. The topological polar surface area (TPSA) is 43.8 Å². The van der Waals surface area contributed by atoms with Crippen LogP contribution in [-0.4, -0.2) is 9.55 Å². The molecule has 3 nitrogen and oxygen atoms in total. The van der Waals surface area contributed by atoms with Crippen molar-refractivity contribution in [1.82, 2.24) is 9.55 Å². The van der Waals surface area contributed by atoms with E-state index in [-0.39, 0.29) is 5.02 Å². The van der Waals surface area contributed by atoms with Crippen molar-refractivity contribution in [2.45, 2.75) is 26.3 Å². The number of imidazole rings is 1. The van der Waals surface area contributed by atoms with Crippen LogP contribution in [0.2, 0.25) is 5.02 Å². The summed E-state index contributed by atoms with van der Waals surface area (Å²) in [7, 11) is 0. The molecule has 0 amide bonds. The Morgan fingerprint density at radius 2 is 2.25 bits per heavy atom. The highest BCUT2D eigenvalue weighted by Gasteiger charge is 2.16. The van der Waals surface area contributed by atoms with Crippen LogP contribution in [0.15, 0.2) is 30.9 Å². The Balaban J connectivity index is 2.53. The summed E-state index contributed by atoms with van der Waals surface area (Å²) in [4.78, 5) is 4.54. The van der Waals surface area contributed by atoms with Gasteiger partial charge in [-0.15, -0.1) is 6.58 Å². The van der Waals surface area contributed by atoms with Gasteiger partial charge in [0, 0.05) is 18.5 Å². The van der Waals surface area contributed by atoms with Crippen molar-refractivity contribution < 1.29 is 4.39 Å². The molecule has 1 aromatic heterocycles. The molecule has 0 saturated carbocycles. The first-order chi connectivity index (χ1) is 9.58. The van der Waals surface area contributed by atoms with Gasteiger partial charge >= 0.3 is 0 Å². The van der Waals surface area contributed by atoms with Gasteiger partial charge in [-0.05, 0) is 18.6 Å². The van der Waals surface area contributed by atoms with Crippen LogP contribution in [-0.2, 0) is 13.0 Å². The van der Waals surface area contributed by atoms with Crippen molar-refractivity contribution in [3.63, 3.8) is 0 Å². The predicted octanol–water partition coefficient (Wildman–Crippen LogP) is 4.06. The molecule has 0 atom stereocenters. The molecule has 0 aliphatic rings. The van der Waals surface area contributed by atoms with Gasteiger partial charge in [-0.1, -0.05) is 30.7 Å². The first-order valence-electron chi connectivity index (χ1n) is 6.49. The second kappa shape index (κ2) is 6.09. The number of aromatic nitrogens is 2. The van der Waals surface area contributed by atoms with E-state index >= 15 is 0 Å². The summed E-state index contributed by atoms with van der Waals surface area (Å²) in [6.45, 7) is 6.39. The SMILES string of the molecule is C=CCn1c(CCC)nc(-c2ccc(Cl)c(F)c2)c1N. The lowest BCUT2D eigenvalue weighted by Crippen LogP contribution is -2.05. The molecule has 0 spiro atoms. The van der Waals surface area contributed by atoms with Gasteiger partial charge in [0.2, 0.25) is 0 Å². The van der Waals surface area contributed by atoms with Gasteiger partial charge in [0.15, 0.2) is 0 Å². The fraction of sp³-hybridized carbons (Fsp3) is 0.267. The summed E-state index contributed by atoms with van der Waals surface area (Å²) in [6.07, 6.45) is 3.54. The molecular formula is C15H17ClFN3. The molecule has 0 unspecified atom stereocenters. The minimum atomic E-state index is -0.473. The van der Waals surface area contributed by atoms with E-state index in [4.69, 9.17) is 17.3 Å². The number of allylic oxidation sites excluding steroid dienone is 1. The predicted molar refractivity (Wildman–Crippen MR) is 81.2 cm³/mol. The van der Waals surface area contributed by atoms with Gasteiger partial charge in [0.25, 0.3) is 0 Å². The Labute approximate surface area is 122 Å². The van der Waals surface area contributed by atoms with Gasteiger partial charge in [0.1, 0.15) is 23.2 Å². The third-order valence-electron chi connectivity index (χ3n) is 3.06. The second-order valence-corrected chi connectivity index (χ2v) is 4.95. The van der Waals surface area contributed by atoms with Gasteiger partial charge in [-0.3, -0.25) is 0 Å². The van der Waals surface area contributed by atoms with Crippen LogP contribution in [0.1, 0.15) is 19.2 Å². The maximum Gasteiger partial charge on any atom is 0.142 e. The highest BCUT2D eigenvalue weighted by Crippen LogP contribution is 2.29. The molecule has 5 heteroatoms. The molecule has 0 aliphatic carbocycles.